The number of carbonyl (C=O) groups excluding carboxylic acids is 1. The fourth-order valence-electron chi connectivity index (χ4n) is 4.20. The van der Waals surface area contributed by atoms with Gasteiger partial charge in [0.15, 0.2) is 23.2 Å². The van der Waals surface area contributed by atoms with Crippen molar-refractivity contribution in [3.8, 4) is 11.5 Å². The van der Waals surface area contributed by atoms with Gasteiger partial charge in [0.05, 0.1) is 29.2 Å². The number of benzene rings is 1. The first-order valence-corrected chi connectivity index (χ1v) is 12.0. The first-order chi connectivity index (χ1) is 17.6. The molecule has 0 aliphatic heterocycles. The lowest BCUT2D eigenvalue weighted by atomic mass is 9.64. The minimum Gasteiger partial charge on any atom is -0.489 e. The normalized spacial score (nSPS) is 21.6. The number of ether oxygens (including phenoxy) is 3. The van der Waals surface area contributed by atoms with Gasteiger partial charge in [-0.05, 0) is 49.5 Å². The molecule has 2 unspecified atom stereocenters. The summed E-state index contributed by atoms with van der Waals surface area (Å²) in [5.41, 5.74) is -2.82. The zero-order valence-corrected chi connectivity index (χ0v) is 20.8. The summed E-state index contributed by atoms with van der Waals surface area (Å²) < 4.78 is 86.7. The molecular weight excluding hydrogens is 544 g/mol. The molecule has 1 aromatic carbocycles. The summed E-state index contributed by atoms with van der Waals surface area (Å²) in [5, 5.41) is -0.458. The highest BCUT2D eigenvalue weighted by Gasteiger charge is 2.55. The molecule has 2 aromatic rings. The van der Waals surface area contributed by atoms with E-state index in [9.17, 15) is 22.4 Å². The van der Waals surface area contributed by atoms with Gasteiger partial charge in [0, 0.05) is 18.0 Å². The fourth-order valence-corrected chi connectivity index (χ4v) is 4.78. The number of hydrogen-bond donors (Lipinski definition) is 0. The molecule has 0 amide bonds. The predicted molar refractivity (Wildman–Crippen MR) is 125 cm³/mol. The van der Waals surface area contributed by atoms with Crippen molar-refractivity contribution in [3.63, 3.8) is 0 Å². The Hall–Kier alpha value is -2.85. The zero-order valence-electron chi connectivity index (χ0n) is 19.3. The molecule has 0 N–H and O–H groups in total. The molecule has 0 spiro atoms. The summed E-state index contributed by atoms with van der Waals surface area (Å²) in [6, 6.07) is 3.33. The number of hydrogen-bond acceptors (Lipinski definition) is 5. The summed E-state index contributed by atoms with van der Waals surface area (Å²) in [7, 11) is 0. The Morgan fingerprint density at radius 2 is 1.81 bits per heavy atom. The van der Waals surface area contributed by atoms with Gasteiger partial charge >= 0.3 is 12.6 Å². The second-order valence-corrected chi connectivity index (χ2v) is 9.30. The Kier molecular flexibility index (Phi) is 7.99. The largest absolute Gasteiger partial charge is 0.489 e. The van der Waals surface area contributed by atoms with E-state index < -0.39 is 41.4 Å². The molecule has 2 atom stereocenters. The SMILES string of the molecule is CCOC(=O)C1(c2ccc(OC(F)F)c(OCC3CC3)c2)C=C(F)C(F)=C(F)C1c1c(Cl)cncc1Cl. The monoisotopic (exact) mass is 563 g/mol. The Bertz CT molecular complexity index is 1250. The highest BCUT2D eigenvalue weighted by Crippen LogP contribution is 2.55. The number of rotatable bonds is 9. The fraction of sp³-hybridized carbons (Fsp3) is 0.360. The van der Waals surface area contributed by atoms with Crippen LogP contribution in [-0.4, -0.2) is 30.8 Å². The smallest absolute Gasteiger partial charge is 0.387 e. The molecule has 0 saturated heterocycles. The van der Waals surface area contributed by atoms with Crippen LogP contribution in [0.3, 0.4) is 0 Å². The van der Waals surface area contributed by atoms with Gasteiger partial charge in [-0.1, -0.05) is 29.3 Å². The predicted octanol–water partition coefficient (Wildman–Crippen LogP) is 7.38. The third-order valence-corrected chi connectivity index (χ3v) is 6.69. The number of aromatic nitrogens is 1. The van der Waals surface area contributed by atoms with Gasteiger partial charge in [-0.15, -0.1) is 0 Å². The van der Waals surface area contributed by atoms with Gasteiger partial charge in [0.1, 0.15) is 11.2 Å². The summed E-state index contributed by atoms with van der Waals surface area (Å²) in [6.07, 6.45) is 4.52. The van der Waals surface area contributed by atoms with E-state index in [0.29, 0.717) is 6.08 Å². The van der Waals surface area contributed by atoms with Crippen molar-refractivity contribution in [1.29, 1.82) is 0 Å². The molecule has 2 aliphatic carbocycles. The Morgan fingerprint density at radius 3 is 2.41 bits per heavy atom. The minimum atomic E-state index is -3.20. The lowest BCUT2D eigenvalue weighted by Gasteiger charge is -2.39. The second kappa shape index (κ2) is 10.9. The maximum atomic E-state index is 15.7. The lowest BCUT2D eigenvalue weighted by molar-refractivity contribution is -0.149. The van der Waals surface area contributed by atoms with Crippen molar-refractivity contribution < 1.29 is 41.0 Å². The van der Waals surface area contributed by atoms with E-state index in [1.807, 2.05) is 0 Å². The van der Waals surface area contributed by atoms with E-state index in [0.717, 1.165) is 43.4 Å². The van der Waals surface area contributed by atoms with Crippen LogP contribution in [-0.2, 0) is 14.9 Å². The number of allylic oxidation sites excluding steroid dienone is 3. The molecule has 4 rings (SSSR count). The Balaban J connectivity index is 1.99. The molecule has 1 saturated carbocycles. The van der Waals surface area contributed by atoms with Gasteiger partial charge < -0.3 is 14.2 Å². The van der Waals surface area contributed by atoms with Crippen LogP contribution >= 0.6 is 23.2 Å². The number of carbonyl (C=O) groups is 1. The molecule has 12 heteroatoms. The molecule has 198 valence electrons. The molecule has 1 fully saturated rings. The van der Waals surface area contributed by atoms with Crippen molar-refractivity contribution in [2.45, 2.75) is 37.7 Å². The summed E-state index contributed by atoms with van der Waals surface area (Å²) in [5.74, 6) is -8.67. The van der Waals surface area contributed by atoms with Crippen molar-refractivity contribution in [1.82, 2.24) is 4.98 Å². The molecule has 1 aromatic heterocycles. The van der Waals surface area contributed by atoms with Crippen molar-refractivity contribution >= 4 is 29.2 Å². The van der Waals surface area contributed by atoms with Gasteiger partial charge in [0.2, 0.25) is 0 Å². The quantitative estimate of drug-likeness (QED) is 0.235. The third-order valence-electron chi connectivity index (χ3n) is 6.08. The highest BCUT2D eigenvalue weighted by atomic mass is 35.5. The van der Waals surface area contributed by atoms with Gasteiger partial charge in [-0.3, -0.25) is 9.78 Å². The summed E-state index contributed by atoms with van der Waals surface area (Å²) >= 11 is 12.5. The second-order valence-electron chi connectivity index (χ2n) is 8.49. The maximum Gasteiger partial charge on any atom is 0.387 e. The number of alkyl halides is 2. The molecule has 0 radical (unpaired) electrons. The molecule has 37 heavy (non-hydrogen) atoms. The van der Waals surface area contributed by atoms with Crippen LogP contribution in [0.4, 0.5) is 22.0 Å². The van der Waals surface area contributed by atoms with Gasteiger partial charge in [-0.2, -0.15) is 8.78 Å². The first-order valence-electron chi connectivity index (χ1n) is 11.2. The molecule has 5 nitrogen and oxygen atoms in total. The van der Waals surface area contributed by atoms with Crippen LogP contribution in [0.15, 0.2) is 54.1 Å². The number of esters is 1. The van der Waals surface area contributed by atoms with Crippen molar-refractivity contribution in [2.75, 3.05) is 13.2 Å². The molecule has 1 heterocycles. The standard InChI is InChI=1S/C25H20Cl2F5NO4/c1-2-35-23(34)25(13-5-6-17(37-24(31)32)18(7-13)36-11-12-3-4-12)8-16(28)21(29)22(30)20(25)19-14(26)9-33-10-15(19)27/h5-10,12,20,24H,2-4,11H2,1H3. The number of nitrogens with zero attached hydrogens (tertiary/aromatic N) is 1. The average molecular weight is 564 g/mol. The number of pyridine rings is 1. The highest BCUT2D eigenvalue weighted by molar-refractivity contribution is 6.36. The van der Waals surface area contributed by atoms with Crippen LogP contribution in [0.25, 0.3) is 0 Å². The lowest BCUT2D eigenvalue weighted by Crippen LogP contribution is -2.44. The van der Waals surface area contributed by atoms with Crippen molar-refractivity contribution in [3.05, 3.63) is 75.3 Å². The van der Waals surface area contributed by atoms with E-state index in [1.165, 1.54) is 6.92 Å². The summed E-state index contributed by atoms with van der Waals surface area (Å²) in [6.45, 7) is -1.77. The van der Waals surface area contributed by atoms with Crippen LogP contribution in [0, 0.1) is 5.92 Å². The van der Waals surface area contributed by atoms with Crippen molar-refractivity contribution in [2.24, 2.45) is 5.92 Å². The average Bonchev–Trinajstić information content (AvgIpc) is 3.67. The van der Waals surface area contributed by atoms with E-state index in [4.69, 9.17) is 32.7 Å². The molecule has 0 bridgehead atoms. The first kappa shape index (κ1) is 27.2. The van der Waals surface area contributed by atoms with E-state index in [2.05, 4.69) is 9.72 Å². The molecule has 2 aliphatic rings. The van der Waals surface area contributed by atoms with Gasteiger partial charge in [0.25, 0.3) is 0 Å². The van der Waals surface area contributed by atoms with E-state index in [1.54, 1.807) is 0 Å². The van der Waals surface area contributed by atoms with E-state index >= 15 is 4.39 Å². The van der Waals surface area contributed by atoms with Gasteiger partial charge in [-0.25, -0.2) is 13.2 Å². The Labute approximate surface area is 218 Å². The Morgan fingerprint density at radius 1 is 1.14 bits per heavy atom. The zero-order chi connectivity index (χ0) is 26.9. The van der Waals surface area contributed by atoms with Crippen LogP contribution in [0.5, 0.6) is 11.5 Å². The number of halogens is 7. The third kappa shape index (κ3) is 5.27. The minimum absolute atomic E-state index is 0.161. The van der Waals surface area contributed by atoms with Crippen LogP contribution in [0.1, 0.15) is 36.8 Å². The van der Waals surface area contributed by atoms with Crippen LogP contribution in [0.2, 0.25) is 10.0 Å². The molecular formula is C25H20Cl2F5NO4. The van der Waals surface area contributed by atoms with E-state index in [-0.39, 0.29) is 51.8 Å². The summed E-state index contributed by atoms with van der Waals surface area (Å²) in [4.78, 5) is 17.3. The maximum absolute atomic E-state index is 15.7. The van der Waals surface area contributed by atoms with Crippen LogP contribution < -0.4 is 9.47 Å². The topological polar surface area (TPSA) is 57.7 Å².